The van der Waals surface area contributed by atoms with Crippen LogP contribution in [-0.4, -0.2) is 9.55 Å². The van der Waals surface area contributed by atoms with Gasteiger partial charge >= 0.3 is 0 Å². The molecule has 2 heteroatoms. The molecule has 2 nitrogen and oxygen atoms in total. The lowest BCUT2D eigenvalue weighted by Crippen LogP contribution is -2.25. The van der Waals surface area contributed by atoms with Gasteiger partial charge in [-0.1, -0.05) is 140 Å². The van der Waals surface area contributed by atoms with Crippen LogP contribution in [0.25, 0.3) is 71.8 Å². The number of fused-ring (bicyclic) bond motifs is 15. The zero-order valence-corrected chi connectivity index (χ0v) is 26.1. The van der Waals surface area contributed by atoms with E-state index in [1.54, 1.807) is 0 Å². The predicted molar refractivity (Wildman–Crippen MR) is 198 cm³/mol. The lowest BCUT2D eigenvalue weighted by atomic mass is 9.70. The van der Waals surface area contributed by atoms with Gasteiger partial charge in [-0.05, 0) is 68.8 Å². The lowest BCUT2D eigenvalue weighted by molar-refractivity contribution is 0.794. The minimum Gasteiger partial charge on any atom is -0.309 e. The van der Waals surface area contributed by atoms with Crippen LogP contribution in [0.5, 0.6) is 0 Å². The smallest absolute Gasteiger partial charge is 0.0780 e. The van der Waals surface area contributed by atoms with Gasteiger partial charge in [0.15, 0.2) is 0 Å². The summed E-state index contributed by atoms with van der Waals surface area (Å²) in [4.78, 5) is 4.79. The highest BCUT2D eigenvalue weighted by atomic mass is 15.0. The van der Waals surface area contributed by atoms with Gasteiger partial charge in [-0.3, -0.25) is 4.98 Å². The summed E-state index contributed by atoms with van der Waals surface area (Å²) in [6, 6.07) is 60.4. The Balaban J connectivity index is 1.27. The van der Waals surface area contributed by atoms with Crippen molar-refractivity contribution in [3.05, 3.63) is 192 Å². The first kappa shape index (κ1) is 25.9. The van der Waals surface area contributed by atoms with E-state index in [0.29, 0.717) is 0 Å². The molecule has 0 saturated carbocycles. The fraction of sp³-hybridized carbons (Fsp3) is 0.0217. The van der Waals surface area contributed by atoms with Gasteiger partial charge in [-0.25, -0.2) is 0 Å². The summed E-state index contributed by atoms with van der Waals surface area (Å²) in [6.45, 7) is 0. The molecule has 0 atom stereocenters. The third kappa shape index (κ3) is 3.15. The summed E-state index contributed by atoms with van der Waals surface area (Å²) in [5, 5.41) is 3.68. The van der Waals surface area contributed by atoms with Crippen LogP contribution in [0.15, 0.2) is 170 Å². The average molecular weight is 609 g/mol. The molecule has 2 aliphatic carbocycles. The second-order valence-corrected chi connectivity index (χ2v) is 13.1. The van der Waals surface area contributed by atoms with Gasteiger partial charge in [0, 0.05) is 39.2 Å². The van der Waals surface area contributed by atoms with Crippen LogP contribution in [-0.2, 0) is 5.41 Å². The largest absolute Gasteiger partial charge is 0.309 e. The van der Waals surface area contributed by atoms with E-state index in [0.717, 1.165) is 27.7 Å². The number of rotatable bonds is 2. The molecule has 2 aliphatic rings. The number of hydrogen-bond donors (Lipinski definition) is 0. The van der Waals surface area contributed by atoms with Gasteiger partial charge in [0.05, 0.1) is 22.0 Å². The van der Waals surface area contributed by atoms with Crippen LogP contribution >= 0.6 is 0 Å². The summed E-state index contributed by atoms with van der Waals surface area (Å²) >= 11 is 0. The van der Waals surface area contributed by atoms with Gasteiger partial charge in [0.25, 0.3) is 0 Å². The van der Waals surface area contributed by atoms with E-state index in [4.69, 9.17) is 4.98 Å². The first-order valence-corrected chi connectivity index (χ1v) is 16.6. The van der Waals surface area contributed by atoms with Crippen molar-refractivity contribution in [2.45, 2.75) is 5.41 Å². The Morgan fingerprint density at radius 2 is 1.10 bits per heavy atom. The highest BCUT2D eigenvalue weighted by Gasteiger charge is 2.52. The Kier molecular flexibility index (Phi) is 5.07. The van der Waals surface area contributed by atoms with Gasteiger partial charge in [0.2, 0.25) is 0 Å². The molecule has 222 valence electrons. The van der Waals surface area contributed by atoms with Crippen molar-refractivity contribution >= 4 is 32.7 Å². The van der Waals surface area contributed by atoms with Crippen molar-refractivity contribution in [3.63, 3.8) is 0 Å². The van der Waals surface area contributed by atoms with Crippen LogP contribution in [0.4, 0.5) is 0 Å². The number of hydrogen-bond acceptors (Lipinski definition) is 1. The molecule has 7 aromatic carbocycles. The van der Waals surface area contributed by atoms with E-state index in [2.05, 4.69) is 162 Å². The maximum absolute atomic E-state index is 4.79. The second kappa shape index (κ2) is 9.40. The first-order chi connectivity index (χ1) is 23.8. The Labute approximate surface area is 278 Å². The summed E-state index contributed by atoms with van der Waals surface area (Å²) in [7, 11) is 0. The molecule has 0 radical (unpaired) electrons. The summed E-state index contributed by atoms with van der Waals surface area (Å²) < 4.78 is 2.51. The zero-order chi connectivity index (χ0) is 31.4. The third-order valence-corrected chi connectivity index (χ3v) is 10.8. The molecule has 0 bridgehead atoms. The van der Waals surface area contributed by atoms with Crippen LogP contribution < -0.4 is 0 Å². The van der Waals surface area contributed by atoms with E-state index >= 15 is 0 Å². The lowest BCUT2D eigenvalue weighted by Gasteiger charge is -2.30. The fourth-order valence-electron chi connectivity index (χ4n) is 9.05. The topological polar surface area (TPSA) is 17.8 Å². The Morgan fingerprint density at radius 3 is 1.92 bits per heavy atom. The minimum absolute atomic E-state index is 0.384. The third-order valence-electron chi connectivity index (χ3n) is 10.8. The first-order valence-electron chi connectivity index (χ1n) is 16.6. The standard InChI is InChI=1S/C46H28N2/c1-5-21-38-33(16-1)34-17-2-6-22-39(34)46(38)40-23-7-3-19-37(40)43-41(46)26-25-36-35-18-4-8-24-42(35)48(45(36)43)31-15-9-13-30(28-31)32-20-10-12-29-14-11-27-47-44(29)32/h1-28H. The summed E-state index contributed by atoms with van der Waals surface area (Å²) in [5.74, 6) is 0. The number of aromatic nitrogens is 2. The minimum atomic E-state index is -0.384. The van der Waals surface area contributed by atoms with E-state index in [-0.39, 0.29) is 5.41 Å². The maximum Gasteiger partial charge on any atom is 0.0780 e. The molecule has 0 unspecified atom stereocenters. The molecular weight excluding hydrogens is 581 g/mol. The fourth-order valence-corrected chi connectivity index (χ4v) is 9.05. The highest BCUT2D eigenvalue weighted by molar-refractivity contribution is 6.16. The van der Waals surface area contributed by atoms with Gasteiger partial charge in [-0.2, -0.15) is 0 Å². The molecule has 11 rings (SSSR count). The monoisotopic (exact) mass is 608 g/mol. The molecule has 2 aromatic heterocycles. The molecule has 1 spiro atoms. The number of para-hydroxylation sites is 2. The van der Waals surface area contributed by atoms with Crippen molar-refractivity contribution in [2.24, 2.45) is 0 Å². The average Bonchev–Trinajstić information content (AvgIpc) is 3.76. The van der Waals surface area contributed by atoms with Crippen molar-refractivity contribution in [3.8, 4) is 39.1 Å². The maximum atomic E-state index is 4.79. The van der Waals surface area contributed by atoms with Gasteiger partial charge < -0.3 is 4.57 Å². The Bertz CT molecular complexity index is 2750. The van der Waals surface area contributed by atoms with Crippen LogP contribution in [0.1, 0.15) is 22.3 Å². The predicted octanol–water partition coefficient (Wildman–Crippen LogP) is 11.3. The quantitative estimate of drug-likeness (QED) is 0.191. The van der Waals surface area contributed by atoms with Gasteiger partial charge in [0.1, 0.15) is 0 Å². The molecule has 0 saturated heterocycles. The van der Waals surface area contributed by atoms with E-state index in [9.17, 15) is 0 Å². The molecule has 2 heterocycles. The van der Waals surface area contributed by atoms with Gasteiger partial charge in [-0.15, -0.1) is 0 Å². The number of nitrogens with zero attached hydrogens (tertiary/aromatic N) is 2. The molecule has 0 aliphatic heterocycles. The second-order valence-electron chi connectivity index (χ2n) is 13.1. The van der Waals surface area contributed by atoms with E-state index < -0.39 is 0 Å². The van der Waals surface area contributed by atoms with Crippen LogP contribution in [0, 0.1) is 0 Å². The summed E-state index contributed by atoms with van der Waals surface area (Å²) in [5.41, 5.74) is 17.3. The molecule has 9 aromatic rings. The van der Waals surface area contributed by atoms with E-state index in [1.807, 2.05) is 12.3 Å². The highest BCUT2D eigenvalue weighted by Crippen LogP contribution is 2.64. The van der Waals surface area contributed by atoms with Crippen molar-refractivity contribution in [1.82, 2.24) is 9.55 Å². The molecule has 48 heavy (non-hydrogen) atoms. The molecule has 0 amide bonds. The SMILES string of the molecule is c1cc(-c2cccc3cccnc23)cc(-n2c3ccccc3c3ccc4c(c32)-c2ccccc2C42c3ccccc3-c3ccccc32)c1. The van der Waals surface area contributed by atoms with Crippen molar-refractivity contribution in [2.75, 3.05) is 0 Å². The normalized spacial score (nSPS) is 13.6. The Hall–Kier alpha value is -6.25. The van der Waals surface area contributed by atoms with Crippen molar-refractivity contribution in [1.29, 1.82) is 0 Å². The number of benzene rings is 7. The Morgan fingerprint density at radius 1 is 0.458 bits per heavy atom. The number of pyridine rings is 1. The molecule has 0 N–H and O–H groups in total. The zero-order valence-electron chi connectivity index (χ0n) is 26.1. The van der Waals surface area contributed by atoms with Crippen LogP contribution in [0.2, 0.25) is 0 Å². The van der Waals surface area contributed by atoms with Crippen molar-refractivity contribution < 1.29 is 0 Å². The van der Waals surface area contributed by atoms with E-state index in [1.165, 1.54) is 66.3 Å². The molecular formula is C46H28N2. The summed E-state index contributed by atoms with van der Waals surface area (Å²) in [6.07, 6.45) is 1.89. The van der Waals surface area contributed by atoms with Crippen LogP contribution in [0.3, 0.4) is 0 Å². The molecule has 0 fully saturated rings.